The second kappa shape index (κ2) is 9.32. The Hall–Kier alpha value is -2.93. The molecule has 2 aromatic rings. The minimum Gasteiger partial charge on any atom is -0.462 e. The molecule has 0 spiro atoms. The molecular weight excluding hydrogens is 376 g/mol. The highest BCUT2D eigenvalue weighted by Crippen LogP contribution is 2.34. The minimum absolute atomic E-state index is 0.200. The molecule has 0 radical (unpaired) electrons. The number of carbonyl (C=O) groups excluding carboxylic acids is 3. The Morgan fingerprint density at radius 1 is 1.14 bits per heavy atom. The summed E-state index contributed by atoms with van der Waals surface area (Å²) in [4.78, 5) is 39.0. The molecule has 1 heterocycles. The van der Waals surface area contributed by atoms with Crippen LogP contribution in [0.2, 0.25) is 0 Å². The summed E-state index contributed by atoms with van der Waals surface area (Å²) in [6.45, 7) is 5.57. The van der Waals surface area contributed by atoms with E-state index < -0.39 is 11.9 Å². The van der Waals surface area contributed by atoms with Crippen molar-refractivity contribution in [2.24, 2.45) is 0 Å². The van der Waals surface area contributed by atoms with Crippen molar-refractivity contribution in [2.45, 2.75) is 20.8 Å². The maximum absolute atomic E-state index is 12.4. The largest absolute Gasteiger partial charge is 0.462 e. The molecule has 0 bridgehead atoms. The van der Waals surface area contributed by atoms with Gasteiger partial charge in [-0.05, 0) is 38.0 Å². The fourth-order valence-electron chi connectivity index (χ4n) is 2.46. The molecule has 7 heteroatoms. The highest BCUT2D eigenvalue weighted by molar-refractivity contribution is 7.18. The number of amides is 2. The minimum atomic E-state index is -0.563. The zero-order chi connectivity index (χ0) is 20.8. The van der Waals surface area contributed by atoms with Crippen molar-refractivity contribution in [3.05, 3.63) is 57.5 Å². The summed E-state index contributed by atoms with van der Waals surface area (Å²) < 4.78 is 5.10. The molecule has 1 aromatic carbocycles. The lowest BCUT2D eigenvalue weighted by Crippen LogP contribution is -2.21. The van der Waals surface area contributed by atoms with Crippen molar-refractivity contribution < 1.29 is 19.1 Å². The highest BCUT2D eigenvalue weighted by atomic mass is 32.1. The first-order valence-corrected chi connectivity index (χ1v) is 9.64. The molecule has 0 aliphatic heterocycles. The highest BCUT2D eigenvalue weighted by Gasteiger charge is 2.26. The summed E-state index contributed by atoms with van der Waals surface area (Å²) in [5.74, 6) is -1.19. The second-order valence-electron chi connectivity index (χ2n) is 6.41. The fourth-order valence-corrected chi connectivity index (χ4v) is 3.68. The number of aryl methyl sites for hydroxylation is 1. The van der Waals surface area contributed by atoms with Gasteiger partial charge in [-0.2, -0.15) is 0 Å². The van der Waals surface area contributed by atoms with E-state index in [0.717, 1.165) is 22.5 Å². The van der Waals surface area contributed by atoms with Gasteiger partial charge in [-0.15, -0.1) is 11.3 Å². The van der Waals surface area contributed by atoms with E-state index in [1.165, 1.54) is 11.0 Å². The van der Waals surface area contributed by atoms with Crippen LogP contribution in [0.5, 0.6) is 0 Å². The van der Waals surface area contributed by atoms with Gasteiger partial charge in [-0.25, -0.2) is 4.79 Å². The fraction of sp³-hybridized carbons (Fsp3) is 0.286. The van der Waals surface area contributed by atoms with Crippen LogP contribution in [0.1, 0.15) is 43.6 Å². The summed E-state index contributed by atoms with van der Waals surface area (Å²) >= 11 is 1.07. The van der Waals surface area contributed by atoms with Crippen molar-refractivity contribution in [1.29, 1.82) is 0 Å². The number of hydrogen-bond donors (Lipinski definition) is 1. The molecular formula is C21H24N2O4S. The number of benzene rings is 1. The monoisotopic (exact) mass is 400 g/mol. The zero-order valence-electron chi connectivity index (χ0n) is 16.7. The van der Waals surface area contributed by atoms with Gasteiger partial charge in [0.1, 0.15) is 5.00 Å². The number of hydrogen-bond acceptors (Lipinski definition) is 5. The lowest BCUT2D eigenvalue weighted by atomic mass is 10.1. The molecule has 148 valence electrons. The van der Waals surface area contributed by atoms with Crippen LogP contribution < -0.4 is 5.32 Å². The van der Waals surface area contributed by atoms with E-state index in [9.17, 15) is 14.4 Å². The molecule has 0 saturated carbocycles. The molecule has 1 aromatic heterocycles. The number of carbonyl (C=O) groups is 3. The normalized spacial score (nSPS) is 10.8. The van der Waals surface area contributed by atoms with Gasteiger partial charge >= 0.3 is 5.97 Å². The molecule has 0 aliphatic carbocycles. The average Bonchev–Trinajstić information content (AvgIpc) is 2.96. The van der Waals surface area contributed by atoms with Gasteiger partial charge in [-0.3, -0.25) is 9.59 Å². The van der Waals surface area contributed by atoms with E-state index in [2.05, 4.69) is 5.32 Å². The zero-order valence-corrected chi connectivity index (χ0v) is 17.5. The number of esters is 1. The first-order valence-electron chi connectivity index (χ1n) is 8.82. The Morgan fingerprint density at radius 3 is 2.36 bits per heavy atom. The molecule has 2 amide bonds. The van der Waals surface area contributed by atoms with Crippen molar-refractivity contribution in [3.63, 3.8) is 0 Å². The Balaban J connectivity index is 2.30. The van der Waals surface area contributed by atoms with Crippen LogP contribution in [-0.4, -0.2) is 43.4 Å². The number of rotatable bonds is 6. The number of nitrogens with one attached hydrogen (secondary N) is 1. The summed E-state index contributed by atoms with van der Waals surface area (Å²) in [6.07, 6.45) is 3.08. The lowest BCUT2D eigenvalue weighted by Gasteiger charge is -2.09. The van der Waals surface area contributed by atoms with E-state index in [-0.39, 0.29) is 18.1 Å². The topological polar surface area (TPSA) is 75.7 Å². The first kappa shape index (κ1) is 21.4. The van der Waals surface area contributed by atoms with Crippen molar-refractivity contribution in [1.82, 2.24) is 4.90 Å². The molecule has 0 fully saturated rings. The predicted octanol–water partition coefficient (Wildman–Crippen LogP) is 3.90. The molecule has 1 N–H and O–H groups in total. The van der Waals surface area contributed by atoms with Crippen molar-refractivity contribution in [2.75, 3.05) is 26.0 Å². The average molecular weight is 401 g/mol. The van der Waals surface area contributed by atoms with Gasteiger partial charge in [0.05, 0.1) is 17.0 Å². The lowest BCUT2D eigenvalue weighted by molar-refractivity contribution is -0.111. The number of ether oxygens (including phenoxy) is 1. The molecule has 2 rings (SSSR count). The van der Waals surface area contributed by atoms with Gasteiger partial charge in [0.15, 0.2) is 0 Å². The third-order valence-electron chi connectivity index (χ3n) is 3.97. The summed E-state index contributed by atoms with van der Waals surface area (Å²) in [7, 11) is 3.27. The number of anilines is 1. The van der Waals surface area contributed by atoms with E-state index >= 15 is 0 Å². The first-order chi connectivity index (χ1) is 13.2. The van der Waals surface area contributed by atoms with Crippen LogP contribution in [-0.2, 0) is 9.53 Å². The van der Waals surface area contributed by atoms with Gasteiger partial charge in [-0.1, -0.05) is 29.8 Å². The van der Waals surface area contributed by atoms with Crippen LogP contribution in [0.25, 0.3) is 6.08 Å². The van der Waals surface area contributed by atoms with Crippen molar-refractivity contribution in [3.8, 4) is 0 Å². The maximum Gasteiger partial charge on any atom is 0.341 e. The van der Waals surface area contributed by atoms with Gasteiger partial charge in [0.2, 0.25) is 5.91 Å². The Bertz CT molecular complexity index is 911. The van der Waals surface area contributed by atoms with Gasteiger partial charge in [0.25, 0.3) is 5.91 Å². The summed E-state index contributed by atoms with van der Waals surface area (Å²) in [6, 6.07) is 7.73. The molecule has 0 unspecified atom stereocenters. The maximum atomic E-state index is 12.4. The molecule has 28 heavy (non-hydrogen) atoms. The van der Waals surface area contributed by atoms with E-state index in [1.807, 2.05) is 31.2 Å². The van der Waals surface area contributed by atoms with Crippen LogP contribution in [0.15, 0.2) is 30.3 Å². The second-order valence-corrected chi connectivity index (χ2v) is 7.43. The Labute approximate surface area is 168 Å². The number of nitrogens with zero attached hydrogens (tertiary/aromatic N) is 1. The third kappa shape index (κ3) is 5.07. The third-order valence-corrected chi connectivity index (χ3v) is 5.16. The molecule has 0 saturated heterocycles. The molecule has 0 atom stereocenters. The predicted molar refractivity (Wildman–Crippen MR) is 112 cm³/mol. The summed E-state index contributed by atoms with van der Waals surface area (Å²) in [5, 5.41) is 3.01. The molecule has 6 nitrogen and oxygen atoms in total. The van der Waals surface area contributed by atoms with E-state index in [1.54, 1.807) is 34.0 Å². The number of thiophene rings is 1. The SMILES string of the molecule is CCOC(=O)c1c(NC(=O)/C=C/c2ccc(C)cc2)sc(C(=O)N(C)C)c1C. The Morgan fingerprint density at radius 2 is 1.79 bits per heavy atom. The molecule has 0 aliphatic rings. The van der Waals surface area contributed by atoms with Gasteiger partial charge < -0.3 is 15.0 Å². The summed E-state index contributed by atoms with van der Waals surface area (Å²) in [5.41, 5.74) is 2.74. The van der Waals surface area contributed by atoms with Crippen LogP contribution in [0, 0.1) is 13.8 Å². The van der Waals surface area contributed by atoms with E-state index in [0.29, 0.717) is 15.4 Å². The van der Waals surface area contributed by atoms with Gasteiger partial charge in [0, 0.05) is 20.2 Å². The van der Waals surface area contributed by atoms with Crippen LogP contribution in [0.4, 0.5) is 5.00 Å². The van der Waals surface area contributed by atoms with Crippen LogP contribution >= 0.6 is 11.3 Å². The smallest absolute Gasteiger partial charge is 0.341 e. The standard InChI is InChI=1S/C21H24N2O4S/c1-6-27-21(26)17-14(3)18(20(25)23(4)5)28-19(17)22-16(24)12-11-15-9-7-13(2)8-10-15/h7-12H,6H2,1-5H3,(H,22,24)/b12-11+. The van der Waals surface area contributed by atoms with E-state index in [4.69, 9.17) is 4.74 Å². The van der Waals surface area contributed by atoms with Crippen LogP contribution in [0.3, 0.4) is 0 Å². The Kier molecular flexibility index (Phi) is 7.12. The quantitative estimate of drug-likeness (QED) is 0.589. The van der Waals surface area contributed by atoms with Crippen molar-refractivity contribution >= 4 is 40.2 Å².